The highest BCUT2D eigenvalue weighted by Gasteiger charge is 2.33. The first-order valence-electron chi connectivity index (χ1n) is 9.90. The summed E-state index contributed by atoms with van der Waals surface area (Å²) in [6.45, 7) is 7.72. The molecular weight excluding hydrogens is 451 g/mol. The molecule has 1 atom stereocenters. The molecule has 6 heteroatoms. The highest BCUT2D eigenvalue weighted by molar-refractivity contribution is 14.0. The van der Waals surface area contributed by atoms with Crippen LogP contribution in [0.4, 0.5) is 0 Å². The van der Waals surface area contributed by atoms with Crippen LogP contribution in [0.3, 0.4) is 0 Å². The second kappa shape index (κ2) is 9.96. The van der Waals surface area contributed by atoms with Crippen molar-refractivity contribution in [3.05, 3.63) is 29.8 Å². The molecule has 1 aromatic rings. The summed E-state index contributed by atoms with van der Waals surface area (Å²) >= 11 is 0. The van der Waals surface area contributed by atoms with Gasteiger partial charge >= 0.3 is 0 Å². The van der Waals surface area contributed by atoms with E-state index in [4.69, 9.17) is 4.74 Å². The van der Waals surface area contributed by atoms with Crippen LogP contribution >= 0.6 is 24.0 Å². The Morgan fingerprint density at radius 3 is 2.67 bits per heavy atom. The Bertz CT molecular complexity index is 626. The fourth-order valence-electron chi connectivity index (χ4n) is 4.04. The molecule has 5 nitrogen and oxygen atoms in total. The second-order valence-corrected chi connectivity index (χ2v) is 8.33. The van der Waals surface area contributed by atoms with Crippen molar-refractivity contribution in [2.75, 3.05) is 33.7 Å². The van der Waals surface area contributed by atoms with E-state index in [1.54, 1.807) is 0 Å². The van der Waals surface area contributed by atoms with E-state index in [1.165, 1.54) is 37.9 Å². The SMILES string of the molecule is CN=C(NCCC1CCN(C)CC1)NC1CC(C)(C)Oc2ccccc21.I. The lowest BCUT2D eigenvalue weighted by atomic mass is 9.90. The molecule has 0 aromatic heterocycles. The number of aliphatic imine (C=N–C) groups is 1. The Labute approximate surface area is 181 Å². The van der Waals surface area contributed by atoms with E-state index >= 15 is 0 Å². The minimum atomic E-state index is -0.182. The zero-order chi connectivity index (χ0) is 18.6. The van der Waals surface area contributed by atoms with Crippen LogP contribution < -0.4 is 15.4 Å². The number of rotatable bonds is 4. The van der Waals surface area contributed by atoms with Crippen molar-refractivity contribution in [3.63, 3.8) is 0 Å². The highest BCUT2D eigenvalue weighted by atomic mass is 127. The van der Waals surface area contributed by atoms with E-state index in [-0.39, 0.29) is 35.6 Å². The molecule has 3 rings (SSSR count). The first-order chi connectivity index (χ1) is 12.5. The maximum atomic E-state index is 6.13. The Kier molecular flexibility index (Phi) is 8.21. The van der Waals surface area contributed by atoms with Crippen LogP contribution in [0.1, 0.15) is 51.1 Å². The largest absolute Gasteiger partial charge is 0.487 e. The van der Waals surface area contributed by atoms with Gasteiger partial charge < -0.3 is 20.3 Å². The summed E-state index contributed by atoms with van der Waals surface area (Å²) in [7, 11) is 4.06. The molecule has 2 N–H and O–H groups in total. The van der Waals surface area contributed by atoms with Gasteiger partial charge in [-0.25, -0.2) is 0 Å². The minimum Gasteiger partial charge on any atom is -0.487 e. The van der Waals surface area contributed by atoms with Gasteiger partial charge in [0.15, 0.2) is 5.96 Å². The zero-order valence-corrected chi connectivity index (χ0v) is 19.5. The maximum Gasteiger partial charge on any atom is 0.191 e. The van der Waals surface area contributed by atoms with Crippen LogP contribution in [0.25, 0.3) is 0 Å². The first-order valence-corrected chi connectivity index (χ1v) is 9.90. The summed E-state index contributed by atoms with van der Waals surface area (Å²) in [5.41, 5.74) is 1.03. The van der Waals surface area contributed by atoms with Crippen LogP contribution in [0.5, 0.6) is 5.75 Å². The van der Waals surface area contributed by atoms with Crippen molar-refractivity contribution in [1.29, 1.82) is 0 Å². The zero-order valence-electron chi connectivity index (χ0n) is 17.1. The van der Waals surface area contributed by atoms with Crippen molar-refractivity contribution in [2.24, 2.45) is 10.9 Å². The van der Waals surface area contributed by atoms with E-state index in [1.807, 2.05) is 13.1 Å². The molecule has 1 aromatic carbocycles. The van der Waals surface area contributed by atoms with Gasteiger partial charge in [-0.3, -0.25) is 4.99 Å². The van der Waals surface area contributed by atoms with Gasteiger partial charge in [0, 0.05) is 25.6 Å². The summed E-state index contributed by atoms with van der Waals surface area (Å²) in [5, 5.41) is 7.13. The van der Waals surface area contributed by atoms with Crippen LogP contribution in [0.2, 0.25) is 0 Å². The van der Waals surface area contributed by atoms with E-state index in [2.05, 4.69) is 59.6 Å². The third kappa shape index (κ3) is 6.24. The lowest BCUT2D eigenvalue weighted by molar-refractivity contribution is 0.0694. The fourth-order valence-corrected chi connectivity index (χ4v) is 4.04. The number of likely N-dealkylation sites (tertiary alicyclic amines) is 1. The molecule has 0 bridgehead atoms. The third-order valence-corrected chi connectivity index (χ3v) is 5.59. The molecule has 0 spiro atoms. The third-order valence-electron chi connectivity index (χ3n) is 5.59. The molecule has 0 radical (unpaired) electrons. The van der Waals surface area contributed by atoms with E-state index < -0.39 is 0 Å². The van der Waals surface area contributed by atoms with Crippen molar-refractivity contribution < 1.29 is 4.74 Å². The number of para-hydroxylation sites is 1. The molecule has 152 valence electrons. The quantitative estimate of drug-likeness (QED) is 0.386. The highest BCUT2D eigenvalue weighted by Crippen LogP contribution is 2.39. The number of fused-ring (bicyclic) bond motifs is 1. The number of nitrogens with one attached hydrogen (secondary N) is 2. The van der Waals surface area contributed by atoms with Crippen LogP contribution in [0.15, 0.2) is 29.3 Å². The number of benzene rings is 1. The topological polar surface area (TPSA) is 48.9 Å². The van der Waals surface area contributed by atoms with Gasteiger partial charge in [-0.15, -0.1) is 24.0 Å². The number of hydrogen-bond acceptors (Lipinski definition) is 3. The standard InChI is InChI=1S/C21H34N4O.HI/c1-21(2)15-18(17-7-5-6-8-19(17)26-21)24-20(22-3)23-12-9-16-10-13-25(4)14-11-16;/h5-8,16,18H,9-15H2,1-4H3,(H2,22,23,24);1H. The van der Waals surface area contributed by atoms with E-state index in [9.17, 15) is 0 Å². The minimum absolute atomic E-state index is 0. The second-order valence-electron chi connectivity index (χ2n) is 8.33. The van der Waals surface area contributed by atoms with Gasteiger partial charge in [0.25, 0.3) is 0 Å². The molecule has 2 heterocycles. The van der Waals surface area contributed by atoms with Crippen molar-refractivity contribution in [1.82, 2.24) is 15.5 Å². The predicted octanol–water partition coefficient (Wildman–Crippen LogP) is 3.80. The molecule has 0 saturated carbocycles. The Morgan fingerprint density at radius 1 is 1.26 bits per heavy atom. The molecule has 0 amide bonds. The predicted molar refractivity (Wildman–Crippen MR) is 123 cm³/mol. The monoisotopic (exact) mass is 486 g/mol. The smallest absolute Gasteiger partial charge is 0.191 e. The molecule has 1 unspecified atom stereocenters. The van der Waals surface area contributed by atoms with Crippen LogP contribution in [-0.2, 0) is 0 Å². The number of hydrogen-bond donors (Lipinski definition) is 2. The fraction of sp³-hybridized carbons (Fsp3) is 0.667. The number of piperidine rings is 1. The van der Waals surface area contributed by atoms with Crippen LogP contribution in [-0.4, -0.2) is 50.2 Å². The summed E-state index contributed by atoms with van der Waals surface area (Å²) in [5.74, 6) is 2.69. The van der Waals surface area contributed by atoms with Gasteiger partial charge in [0.1, 0.15) is 11.4 Å². The average Bonchev–Trinajstić information content (AvgIpc) is 2.61. The normalized spacial score (nSPS) is 23.0. The van der Waals surface area contributed by atoms with E-state index in [0.29, 0.717) is 0 Å². The van der Waals surface area contributed by atoms with Gasteiger partial charge in [-0.05, 0) is 65.2 Å². The Hall–Kier alpha value is -1.02. The molecule has 1 fully saturated rings. The lowest BCUT2D eigenvalue weighted by Gasteiger charge is -2.38. The number of ether oxygens (including phenoxy) is 1. The van der Waals surface area contributed by atoms with Gasteiger partial charge in [0.2, 0.25) is 0 Å². The number of guanidine groups is 1. The van der Waals surface area contributed by atoms with Gasteiger partial charge in [0.05, 0.1) is 6.04 Å². The molecule has 27 heavy (non-hydrogen) atoms. The maximum absolute atomic E-state index is 6.13. The van der Waals surface area contributed by atoms with Crippen molar-refractivity contribution >= 4 is 29.9 Å². The average molecular weight is 486 g/mol. The molecule has 2 aliphatic heterocycles. The Morgan fingerprint density at radius 2 is 1.96 bits per heavy atom. The summed E-state index contributed by atoms with van der Waals surface area (Å²) in [6.07, 6.45) is 4.75. The lowest BCUT2D eigenvalue weighted by Crippen LogP contribution is -2.45. The van der Waals surface area contributed by atoms with Gasteiger partial charge in [-0.2, -0.15) is 0 Å². The summed E-state index contributed by atoms with van der Waals surface area (Å²) in [6, 6.07) is 8.52. The van der Waals surface area contributed by atoms with Gasteiger partial charge in [-0.1, -0.05) is 18.2 Å². The molecule has 0 aliphatic carbocycles. The van der Waals surface area contributed by atoms with Crippen LogP contribution in [0, 0.1) is 5.92 Å². The molecule has 1 saturated heterocycles. The van der Waals surface area contributed by atoms with E-state index in [0.717, 1.165) is 30.6 Å². The number of halogens is 1. The summed E-state index contributed by atoms with van der Waals surface area (Å²) < 4.78 is 6.13. The summed E-state index contributed by atoms with van der Waals surface area (Å²) in [4.78, 5) is 6.87. The van der Waals surface area contributed by atoms with Crippen molar-refractivity contribution in [3.8, 4) is 5.75 Å². The number of nitrogens with zero attached hydrogens (tertiary/aromatic N) is 2. The first kappa shape index (κ1) is 22.3. The molecular formula is C21H35IN4O. The molecule has 2 aliphatic rings. The van der Waals surface area contributed by atoms with Crippen molar-refractivity contribution in [2.45, 2.75) is 51.2 Å². The Balaban J connectivity index is 0.00000261.